The molecule has 1 aliphatic rings. The maximum absolute atomic E-state index is 6.05. The van der Waals surface area contributed by atoms with Crippen LogP contribution in [0.3, 0.4) is 0 Å². The average molecular weight is 371 g/mol. The van der Waals surface area contributed by atoms with Crippen molar-refractivity contribution in [2.75, 3.05) is 45.9 Å². The normalized spacial score (nSPS) is 22.0. The number of hydrogen-bond donors (Lipinski definition) is 2. The maximum Gasteiger partial charge on any atom is 0.127 e. The molecule has 2 rings (SSSR count). The molecule has 1 heterocycles. The number of likely N-dealkylation sites (N-methyl/N-ethyl adjacent to an activating group) is 1. The van der Waals surface area contributed by atoms with E-state index in [1.54, 1.807) is 9.80 Å². The van der Waals surface area contributed by atoms with Crippen molar-refractivity contribution < 1.29 is 14.5 Å². The third-order valence-electron chi connectivity index (χ3n) is 4.69. The number of quaternary nitrogens is 2. The molecule has 22 heavy (non-hydrogen) atoms. The van der Waals surface area contributed by atoms with Gasteiger partial charge in [-0.2, -0.15) is 0 Å². The second-order valence-corrected chi connectivity index (χ2v) is 7.56. The van der Waals surface area contributed by atoms with Crippen LogP contribution in [0.5, 0.6) is 5.75 Å². The number of rotatable bonds is 7. The molecule has 1 fully saturated rings. The monoisotopic (exact) mass is 370 g/mol. The van der Waals surface area contributed by atoms with Gasteiger partial charge >= 0.3 is 0 Å². The molecule has 0 unspecified atom stereocenters. The van der Waals surface area contributed by atoms with Gasteiger partial charge in [0.2, 0.25) is 0 Å². The first-order valence-corrected chi connectivity index (χ1v) is 9.48. The first kappa shape index (κ1) is 17.8. The quantitative estimate of drug-likeness (QED) is 0.688. The Bertz CT molecular complexity index is 456. The molecule has 1 aromatic rings. The fraction of sp³-hybridized carbons (Fsp3) is 0.667. The molecular formula is C18H31BrN2O+2. The summed E-state index contributed by atoms with van der Waals surface area (Å²) >= 11 is 3.55. The first-order chi connectivity index (χ1) is 10.6. The van der Waals surface area contributed by atoms with Gasteiger partial charge in [-0.25, -0.2) is 0 Å². The summed E-state index contributed by atoms with van der Waals surface area (Å²) in [5, 5.41) is 0. The van der Waals surface area contributed by atoms with Gasteiger partial charge in [0.15, 0.2) is 0 Å². The van der Waals surface area contributed by atoms with Crippen molar-refractivity contribution in [2.45, 2.75) is 33.1 Å². The standard InChI is InChI=1S/C18H29BrN2O/c1-4-20-9-11-21(12-10-20)8-5-13-22-18-7-6-16(19)14-17(18)15(2)3/h6-7,14-15H,4-5,8-13H2,1-3H3/p+2. The van der Waals surface area contributed by atoms with E-state index < -0.39 is 0 Å². The van der Waals surface area contributed by atoms with Gasteiger partial charge in [-0.05, 0) is 36.6 Å². The van der Waals surface area contributed by atoms with Gasteiger partial charge in [-0.3, -0.25) is 0 Å². The Labute approximate surface area is 143 Å². The summed E-state index contributed by atoms with van der Waals surface area (Å²) in [7, 11) is 0. The Hall–Kier alpha value is -0.580. The zero-order valence-electron chi connectivity index (χ0n) is 14.3. The summed E-state index contributed by atoms with van der Waals surface area (Å²) in [6, 6.07) is 6.34. The van der Waals surface area contributed by atoms with E-state index in [0.29, 0.717) is 5.92 Å². The summed E-state index contributed by atoms with van der Waals surface area (Å²) in [6.07, 6.45) is 1.14. The number of hydrogen-bond acceptors (Lipinski definition) is 1. The Morgan fingerprint density at radius 1 is 1.14 bits per heavy atom. The van der Waals surface area contributed by atoms with Crippen molar-refractivity contribution in [1.29, 1.82) is 0 Å². The zero-order valence-corrected chi connectivity index (χ0v) is 15.8. The molecule has 0 spiro atoms. The topological polar surface area (TPSA) is 18.1 Å². The molecule has 0 aromatic heterocycles. The zero-order chi connectivity index (χ0) is 15.9. The molecular weight excluding hydrogens is 340 g/mol. The van der Waals surface area contributed by atoms with Gasteiger partial charge in [0.1, 0.15) is 31.9 Å². The van der Waals surface area contributed by atoms with E-state index >= 15 is 0 Å². The van der Waals surface area contributed by atoms with Crippen LogP contribution in [0, 0.1) is 0 Å². The van der Waals surface area contributed by atoms with Crippen molar-refractivity contribution in [3.63, 3.8) is 0 Å². The summed E-state index contributed by atoms with van der Waals surface area (Å²) in [6.45, 7) is 15.4. The van der Waals surface area contributed by atoms with E-state index in [2.05, 4.69) is 54.9 Å². The number of benzene rings is 1. The Kier molecular flexibility index (Phi) is 7.19. The molecule has 0 bridgehead atoms. The highest BCUT2D eigenvalue weighted by Crippen LogP contribution is 2.29. The molecule has 0 saturated carbocycles. The van der Waals surface area contributed by atoms with Crippen molar-refractivity contribution in [2.24, 2.45) is 0 Å². The second kappa shape index (κ2) is 8.90. The lowest BCUT2D eigenvalue weighted by Gasteiger charge is -2.29. The highest BCUT2D eigenvalue weighted by Gasteiger charge is 2.20. The van der Waals surface area contributed by atoms with E-state index in [0.717, 1.165) is 23.2 Å². The largest absolute Gasteiger partial charge is 0.493 e. The van der Waals surface area contributed by atoms with E-state index in [9.17, 15) is 0 Å². The summed E-state index contributed by atoms with van der Waals surface area (Å²) in [5.74, 6) is 1.54. The van der Waals surface area contributed by atoms with Crippen LogP contribution in [0.4, 0.5) is 0 Å². The molecule has 2 N–H and O–H groups in total. The minimum Gasteiger partial charge on any atom is -0.493 e. The highest BCUT2D eigenvalue weighted by molar-refractivity contribution is 9.10. The predicted octanol–water partition coefficient (Wildman–Crippen LogP) is 1.14. The average Bonchev–Trinajstić information content (AvgIpc) is 2.53. The molecule has 3 nitrogen and oxygen atoms in total. The molecule has 0 amide bonds. The van der Waals surface area contributed by atoms with E-state index in [1.165, 1.54) is 44.8 Å². The van der Waals surface area contributed by atoms with Gasteiger partial charge in [-0.1, -0.05) is 29.8 Å². The van der Waals surface area contributed by atoms with Gasteiger partial charge in [-0.15, -0.1) is 0 Å². The Balaban J connectivity index is 1.73. The summed E-state index contributed by atoms with van der Waals surface area (Å²) in [4.78, 5) is 3.51. The number of nitrogens with one attached hydrogen (secondary N) is 2. The van der Waals surface area contributed by atoms with Crippen LogP contribution >= 0.6 is 15.9 Å². The van der Waals surface area contributed by atoms with Crippen LogP contribution in [0.2, 0.25) is 0 Å². The van der Waals surface area contributed by atoms with E-state index in [1.807, 2.05) is 0 Å². The minimum atomic E-state index is 0.489. The SMILES string of the molecule is CC[NH+]1CC[NH+](CCCOc2ccc(Br)cc2C(C)C)CC1. The minimum absolute atomic E-state index is 0.489. The lowest BCUT2D eigenvalue weighted by atomic mass is 10.0. The molecule has 0 atom stereocenters. The molecule has 1 saturated heterocycles. The molecule has 1 aromatic carbocycles. The van der Waals surface area contributed by atoms with Crippen molar-refractivity contribution >= 4 is 15.9 Å². The lowest BCUT2D eigenvalue weighted by Crippen LogP contribution is -3.28. The number of halogens is 1. The molecule has 4 heteroatoms. The lowest BCUT2D eigenvalue weighted by molar-refractivity contribution is -1.01. The van der Waals surface area contributed by atoms with Crippen LogP contribution in [0.1, 0.15) is 38.7 Å². The fourth-order valence-electron chi connectivity index (χ4n) is 3.17. The van der Waals surface area contributed by atoms with E-state index in [-0.39, 0.29) is 0 Å². The smallest absolute Gasteiger partial charge is 0.127 e. The number of piperazine rings is 1. The fourth-order valence-corrected chi connectivity index (χ4v) is 3.55. The van der Waals surface area contributed by atoms with Gasteiger partial charge in [0, 0.05) is 10.9 Å². The van der Waals surface area contributed by atoms with Gasteiger partial charge < -0.3 is 14.5 Å². The third-order valence-corrected chi connectivity index (χ3v) is 5.18. The highest BCUT2D eigenvalue weighted by atomic mass is 79.9. The van der Waals surface area contributed by atoms with Crippen LogP contribution in [0.15, 0.2) is 22.7 Å². The predicted molar refractivity (Wildman–Crippen MR) is 95.1 cm³/mol. The van der Waals surface area contributed by atoms with Crippen LogP contribution in [0.25, 0.3) is 0 Å². The Morgan fingerprint density at radius 3 is 2.45 bits per heavy atom. The molecule has 1 aliphatic heterocycles. The molecule has 0 aliphatic carbocycles. The summed E-state index contributed by atoms with van der Waals surface area (Å²) < 4.78 is 7.18. The van der Waals surface area contributed by atoms with Gasteiger partial charge in [0.25, 0.3) is 0 Å². The maximum atomic E-state index is 6.05. The van der Waals surface area contributed by atoms with Crippen molar-refractivity contribution in [1.82, 2.24) is 0 Å². The summed E-state index contributed by atoms with van der Waals surface area (Å²) in [5.41, 5.74) is 1.29. The molecule has 0 radical (unpaired) electrons. The van der Waals surface area contributed by atoms with Crippen LogP contribution < -0.4 is 14.5 Å². The molecule has 124 valence electrons. The van der Waals surface area contributed by atoms with Crippen molar-refractivity contribution in [3.8, 4) is 5.75 Å². The Morgan fingerprint density at radius 2 is 1.82 bits per heavy atom. The number of ether oxygens (including phenoxy) is 1. The first-order valence-electron chi connectivity index (χ1n) is 8.69. The second-order valence-electron chi connectivity index (χ2n) is 6.64. The van der Waals surface area contributed by atoms with Crippen molar-refractivity contribution in [3.05, 3.63) is 28.2 Å². The third kappa shape index (κ3) is 5.25. The van der Waals surface area contributed by atoms with Gasteiger partial charge in [0.05, 0.1) is 19.7 Å². The van der Waals surface area contributed by atoms with Crippen LogP contribution in [-0.2, 0) is 0 Å². The van der Waals surface area contributed by atoms with E-state index in [4.69, 9.17) is 4.74 Å². The van der Waals surface area contributed by atoms with Crippen LogP contribution in [-0.4, -0.2) is 45.9 Å².